The molecule has 1 heterocycles. The molecule has 0 aliphatic carbocycles. The quantitative estimate of drug-likeness (QED) is 0.865. The first-order valence-electron chi connectivity index (χ1n) is 7.12. The van der Waals surface area contributed by atoms with Gasteiger partial charge >= 0.3 is 0 Å². The van der Waals surface area contributed by atoms with Gasteiger partial charge in [-0.05, 0) is 31.3 Å². The standard InChI is InChI=1S/C15H24ClN3O/c1-17-11-15(12-20-2)19-9-7-18(8-10-19)14-5-3-13(16)4-6-14/h3-6,15,17H,7-12H2,1-2H3. The predicted octanol–water partition coefficient (Wildman–Crippen LogP) is 1.70. The molecule has 0 saturated carbocycles. The summed E-state index contributed by atoms with van der Waals surface area (Å²) in [4.78, 5) is 4.92. The number of nitrogens with one attached hydrogen (secondary N) is 1. The lowest BCUT2D eigenvalue weighted by Crippen LogP contribution is -2.54. The molecule has 1 aliphatic rings. The van der Waals surface area contributed by atoms with E-state index in [2.05, 4.69) is 27.2 Å². The third kappa shape index (κ3) is 4.09. The van der Waals surface area contributed by atoms with Crippen LogP contribution in [0.15, 0.2) is 24.3 Å². The third-order valence-electron chi connectivity index (χ3n) is 3.82. The number of hydrogen-bond acceptors (Lipinski definition) is 4. The normalized spacial score (nSPS) is 18.2. The third-order valence-corrected chi connectivity index (χ3v) is 4.07. The monoisotopic (exact) mass is 297 g/mol. The number of benzene rings is 1. The van der Waals surface area contributed by atoms with E-state index in [1.54, 1.807) is 7.11 Å². The van der Waals surface area contributed by atoms with E-state index in [9.17, 15) is 0 Å². The van der Waals surface area contributed by atoms with Gasteiger partial charge in [0.25, 0.3) is 0 Å². The number of halogens is 1. The van der Waals surface area contributed by atoms with Crippen molar-refractivity contribution < 1.29 is 4.74 Å². The Kier molecular flexibility index (Phi) is 6.10. The summed E-state index contributed by atoms with van der Waals surface area (Å²) in [5.74, 6) is 0. The van der Waals surface area contributed by atoms with E-state index >= 15 is 0 Å². The van der Waals surface area contributed by atoms with Crippen LogP contribution < -0.4 is 10.2 Å². The lowest BCUT2D eigenvalue weighted by Gasteiger charge is -2.40. The Hall–Kier alpha value is -0.810. The summed E-state index contributed by atoms with van der Waals surface area (Å²) in [7, 11) is 3.76. The number of hydrogen-bond donors (Lipinski definition) is 1. The highest BCUT2D eigenvalue weighted by Crippen LogP contribution is 2.20. The average Bonchev–Trinajstić information content (AvgIpc) is 2.48. The number of rotatable bonds is 6. The minimum absolute atomic E-state index is 0.456. The molecule has 20 heavy (non-hydrogen) atoms. The molecule has 0 radical (unpaired) electrons. The summed E-state index contributed by atoms with van der Waals surface area (Å²) in [6.45, 7) is 5.98. The maximum absolute atomic E-state index is 5.94. The van der Waals surface area contributed by atoms with Crippen LogP contribution >= 0.6 is 11.6 Å². The molecular formula is C15H24ClN3O. The molecule has 112 valence electrons. The van der Waals surface area contributed by atoms with E-state index in [1.165, 1.54) is 5.69 Å². The Labute approximate surface area is 126 Å². The fraction of sp³-hybridized carbons (Fsp3) is 0.600. The molecule has 1 unspecified atom stereocenters. The predicted molar refractivity (Wildman–Crippen MR) is 84.8 cm³/mol. The maximum atomic E-state index is 5.94. The second-order valence-corrected chi connectivity index (χ2v) is 5.60. The fourth-order valence-electron chi connectivity index (χ4n) is 2.72. The van der Waals surface area contributed by atoms with Crippen LogP contribution in [-0.2, 0) is 4.74 Å². The Morgan fingerprint density at radius 1 is 1.20 bits per heavy atom. The van der Waals surface area contributed by atoms with E-state index in [1.807, 2.05) is 19.2 Å². The Morgan fingerprint density at radius 2 is 1.85 bits per heavy atom. The molecule has 1 N–H and O–H groups in total. The van der Waals surface area contributed by atoms with Crippen LogP contribution in [0.4, 0.5) is 5.69 Å². The van der Waals surface area contributed by atoms with Gasteiger partial charge < -0.3 is 15.0 Å². The van der Waals surface area contributed by atoms with Gasteiger partial charge in [-0.3, -0.25) is 4.90 Å². The molecule has 2 rings (SSSR count). The topological polar surface area (TPSA) is 27.7 Å². The van der Waals surface area contributed by atoms with E-state index in [-0.39, 0.29) is 0 Å². The number of methoxy groups -OCH3 is 1. The number of likely N-dealkylation sites (N-methyl/N-ethyl adjacent to an activating group) is 1. The molecule has 0 bridgehead atoms. The molecule has 1 atom stereocenters. The molecule has 0 spiro atoms. The van der Waals surface area contributed by atoms with Gasteiger partial charge in [0.1, 0.15) is 0 Å². The summed E-state index contributed by atoms with van der Waals surface area (Å²) < 4.78 is 5.32. The molecule has 1 fully saturated rings. The van der Waals surface area contributed by atoms with Gasteiger partial charge in [0, 0.05) is 56.6 Å². The highest BCUT2D eigenvalue weighted by Gasteiger charge is 2.23. The SMILES string of the molecule is CNCC(COC)N1CCN(c2ccc(Cl)cc2)CC1. The van der Waals surface area contributed by atoms with Crippen molar-refractivity contribution in [1.29, 1.82) is 0 Å². The first-order chi connectivity index (χ1) is 9.74. The summed E-state index contributed by atoms with van der Waals surface area (Å²) in [5.41, 5.74) is 1.26. The number of ether oxygens (including phenoxy) is 1. The van der Waals surface area contributed by atoms with Gasteiger partial charge in [-0.2, -0.15) is 0 Å². The molecule has 4 nitrogen and oxygen atoms in total. The van der Waals surface area contributed by atoms with E-state index in [0.29, 0.717) is 6.04 Å². The minimum Gasteiger partial charge on any atom is -0.383 e. The average molecular weight is 298 g/mol. The smallest absolute Gasteiger partial charge is 0.0630 e. The molecule has 0 amide bonds. The van der Waals surface area contributed by atoms with Crippen LogP contribution in [0, 0.1) is 0 Å². The number of piperazine rings is 1. The zero-order valence-electron chi connectivity index (χ0n) is 12.3. The van der Waals surface area contributed by atoms with Gasteiger partial charge in [-0.25, -0.2) is 0 Å². The van der Waals surface area contributed by atoms with E-state index in [0.717, 1.165) is 44.4 Å². The second-order valence-electron chi connectivity index (χ2n) is 5.17. The first kappa shape index (κ1) is 15.6. The van der Waals surface area contributed by atoms with Gasteiger partial charge in [0.05, 0.1) is 6.61 Å². The zero-order chi connectivity index (χ0) is 14.4. The van der Waals surface area contributed by atoms with Crippen molar-refractivity contribution in [2.45, 2.75) is 6.04 Å². The lowest BCUT2D eigenvalue weighted by atomic mass is 10.2. The molecular weight excluding hydrogens is 274 g/mol. The Morgan fingerprint density at radius 3 is 2.40 bits per heavy atom. The van der Waals surface area contributed by atoms with Crippen molar-refractivity contribution in [1.82, 2.24) is 10.2 Å². The minimum atomic E-state index is 0.456. The van der Waals surface area contributed by atoms with Crippen molar-refractivity contribution >= 4 is 17.3 Å². The van der Waals surface area contributed by atoms with Gasteiger partial charge in [-0.15, -0.1) is 0 Å². The largest absolute Gasteiger partial charge is 0.383 e. The van der Waals surface area contributed by atoms with Crippen LogP contribution in [0.1, 0.15) is 0 Å². The number of anilines is 1. The van der Waals surface area contributed by atoms with Gasteiger partial charge in [0.2, 0.25) is 0 Å². The van der Waals surface area contributed by atoms with Crippen molar-refractivity contribution in [3.05, 3.63) is 29.3 Å². The van der Waals surface area contributed by atoms with Crippen LogP contribution in [-0.4, -0.2) is 64.4 Å². The summed E-state index contributed by atoms with van der Waals surface area (Å²) in [5, 5.41) is 4.04. The molecule has 1 aromatic carbocycles. The van der Waals surface area contributed by atoms with Crippen molar-refractivity contribution in [3.8, 4) is 0 Å². The fourth-order valence-corrected chi connectivity index (χ4v) is 2.84. The summed E-state index contributed by atoms with van der Waals surface area (Å²) >= 11 is 5.94. The maximum Gasteiger partial charge on any atom is 0.0630 e. The Bertz CT molecular complexity index is 385. The summed E-state index contributed by atoms with van der Waals surface area (Å²) in [6.07, 6.45) is 0. The Balaban J connectivity index is 1.89. The van der Waals surface area contributed by atoms with Crippen LogP contribution in [0.3, 0.4) is 0 Å². The molecule has 1 aliphatic heterocycles. The van der Waals surface area contributed by atoms with E-state index < -0.39 is 0 Å². The first-order valence-corrected chi connectivity index (χ1v) is 7.50. The molecule has 0 aromatic heterocycles. The van der Waals surface area contributed by atoms with Crippen LogP contribution in [0.2, 0.25) is 5.02 Å². The zero-order valence-corrected chi connectivity index (χ0v) is 13.1. The van der Waals surface area contributed by atoms with Gasteiger partial charge in [-0.1, -0.05) is 11.6 Å². The van der Waals surface area contributed by atoms with Crippen molar-refractivity contribution in [2.75, 3.05) is 58.4 Å². The van der Waals surface area contributed by atoms with E-state index in [4.69, 9.17) is 16.3 Å². The highest BCUT2D eigenvalue weighted by molar-refractivity contribution is 6.30. The molecule has 1 aromatic rings. The lowest BCUT2D eigenvalue weighted by molar-refractivity contribution is 0.0862. The second kappa shape index (κ2) is 7.84. The van der Waals surface area contributed by atoms with Crippen molar-refractivity contribution in [3.63, 3.8) is 0 Å². The van der Waals surface area contributed by atoms with Crippen LogP contribution in [0.5, 0.6) is 0 Å². The van der Waals surface area contributed by atoms with Crippen LogP contribution in [0.25, 0.3) is 0 Å². The highest BCUT2D eigenvalue weighted by atomic mass is 35.5. The summed E-state index contributed by atoms with van der Waals surface area (Å²) in [6, 6.07) is 8.56. The number of nitrogens with zero attached hydrogens (tertiary/aromatic N) is 2. The molecule has 1 saturated heterocycles. The molecule has 5 heteroatoms. The van der Waals surface area contributed by atoms with Gasteiger partial charge in [0.15, 0.2) is 0 Å². The van der Waals surface area contributed by atoms with Crippen molar-refractivity contribution in [2.24, 2.45) is 0 Å².